The van der Waals surface area contributed by atoms with Gasteiger partial charge in [0, 0.05) is 24.6 Å². The maximum absolute atomic E-state index is 13.3. The normalized spacial score (nSPS) is 22.1. The molecular formula is C25H27N5O6S2. The fourth-order valence-corrected chi connectivity index (χ4v) is 6.78. The van der Waals surface area contributed by atoms with Crippen LogP contribution in [0.5, 0.6) is 5.88 Å². The monoisotopic (exact) mass is 557 g/mol. The number of carbonyl (C=O) groups excluding carboxylic acids is 1. The molecule has 0 radical (unpaired) electrons. The summed E-state index contributed by atoms with van der Waals surface area (Å²) in [6.07, 6.45) is 2.78. The second-order valence-corrected chi connectivity index (χ2v) is 12.7. The van der Waals surface area contributed by atoms with Crippen LogP contribution in [0.1, 0.15) is 31.2 Å². The van der Waals surface area contributed by atoms with Gasteiger partial charge in [0.15, 0.2) is 26.8 Å². The number of pyridine rings is 1. The maximum atomic E-state index is 13.3. The fourth-order valence-electron chi connectivity index (χ4n) is 4.30. The number of amides is 1. The van der Waals surface area contributed by atoms with Gasteiger partial charge < -0.3 is 19.6 Å². The van der Waals surface area contributed by atoms with E-state index in [4.69, 9.17) is 14.3 Å². The van der Waals surface area contributed by atoms with Crippen LogP contribution in [-0.4, -0.2) is 73.8 Å². The second kappa shape index (κ2) is 10.6. The van der Waals surface area contributed by atoms with Crippen LogP contribution in [0.2, 0.25) is 0 Å². The molecule has 1 aromatic carbocycles. The predicted octanol–water partition coefficient (Wildman–Crippen LogP) is 2.52. The van der Waals surface area contributed by atoms with Crippen molar-refractivity contribution in [2.75, 3.05) is 31.6 Å². The minimum atomic E-state index is -3.35. The van der Waals surface area contributed by atoms with Gasteiger partial charge in [-0.1, -0.05) is 28.6 Å². The van der Waals surface area contributed by atoms with Crippen molar-refractivity contribution >= 4 is 48.3 Å². The van der Waals surface area contributed by atoms with Gasteiger partial charge >= 0.3 is 0 Å². The topological polar surface area (TPSA) is 141 Å². The summed E-state index contributed by atoms with van der Waals surface area (Å²) < 4.78 is 36.4. The van der Waals surface area contributed by atoms with E-state index in [1.807, 2.05) is 6.07 Å². The van der Waals surface area contributed by atoms with E-state index in [2.05, 4.69) is 25.8 Å². The van der Waals surface area contributed by atoms with Crippen LogP contribution in [0.4, 0.5) is 5.13 Å². The first-order valence-corrected chi connectivity index (χ1v) is 14.9. The van der Waals surface area contributed by atoms with Crippen molar-refractivity contribution in [3.63, 3.8) is 0 Å². The molecule has 1 saturated carbocycles. The Hall–Kier alpha value is -3.13. The molecule has 4 heterocycles. The molecular weight excluding hydrogens is 530 g/mol. The molecule has 2 N–H and O–H groups in total. The lowest BCUT2D eigenvalue weighted by atomic mass is 10.1. The van der Waals surface area contributed by atoms with Gasteiger partial charge in [0.2, 0.25) is 5.88 Å². The second-order valence-electron chi connectivity index (χ2n) is 9.48. The average molecular weight is 558 g/mol. The van der Waals surface area contributed by atoms with Crippen molar-refractivity contribution < 1.29 is 27.5 Å². The highest BCUT2D eigenvalue weighted by molar-refractivity contribution is 7.92. The molecule has 2 aromatic heterocycles. The van der Waals surface area contributed by atoms with Gasteiger partial charge in [0.05, 0.1) is 23.4 Å². The van der Waals surface area contributed by atoms with Crippen molar-refractivity contribution in [3.05, 3.63) is 42.0 Å². The van der Waals surface area contributed by atoms with Gasteiger partial charge in [0.25, 0.3) is 5.91 Å². The number of benzene rings is 1. The molecule has 2 saturated heterocycles. The highest BCUT2D eigenvalue weighted by Crippen LogP contribution is 2.33. The summed E-state index contributed by atoms with van der Waals surface area (Å²) in [5, 5.41) is 10.2. The first-order valence-electron chi connectivity index (χ1n) is 12.6. The quantitative estimate of drug-likeness (QED) is 0.300. The Morgan fingerprint density at radius 1 is 1.08 bits per heavy atom. The molecule has 38 heavy (non-hydrogen) atoms. The number of rotatable bonds is 9. The van der Waals surface area contributed by atoms with E-state index in [0.717, 1.165) is 19.5 Å². The average Bonchev–Trinajstić information content (AvgIpc) is 3.26. The minimum Gasteiger partial charge on any atom is -0.473 e. The summed E-state index contributed by atoms with van der Waals surface area (Å²) in [7, 11) is -3.35. The molecule has 2 aliphatic heterocycles. The Bertz CT molecular complexity index is 1460. The Kier molecular flexibility index (Phi) is 6.99. The van der Waals surface area contributed by atoms with Gasteiger partial charge in [0.1, 0.15) is 16.5 Å². The smallest absolute Gasteiger partial charge is 0.280 e. The lowest BCUT2D eigenvalue weighted by Crippen LogP contribution is -2.25. The molecule has 200 valence electrons. The Morgan fingerprint density at radius 3 is 2.63 bits per heavy atom. The molecule has 3 aromatic rings. The third-order valence-electron chi connectivity index (χ3n) is 6.57. The number of anilines is 1. The van der Waals surface area contributed by atoms with Gasteiger partial charge in [-0.05, 0) is 44.0 Å². The Balaban J connectivity index is 1.22. The zero-order valence-electron chi connectivity index (χ0n) is 20.5. The highest BCUT2D eigenvalue weighted by atomic mass is 32.2. The van der Waals surface area contributed by atoms with E-state index in [-0.39, 0.29) is 28.1 Å². The summed E-state index contributed by atoms with van der Waals surface area (Å²) in [5.74, 6) is -0.0160. The van der Waals surface area contributed by atoms with Gasteiger partial charge in [-0.15, -0.1) is 0 Å². The van der Waals surface area contributed by atoms with Crippen LogP contribution in [0, 0.1) is 0 Å². The summed E-state index contributed by atoms with van der Waals surface area (Å²) in [5.41, 5.74) is 1.07. The molecule has 0 bridgehead atoms. The van der Waals surface area contributed by atoms with Crippen molar-refractivity contribution in [2.24, 2.45) is 5.16 Å². The molecule has 11 nitrogen and oxygen atoms in total. The molecule has 6 rings (SSSR count). The zero-order chi connectivity index (χ0) is 26.1. The number of nitrogens with one attached hydrogen (secondary N) is 2. The number of carbonyl (C=O) groups is 1. The first kappa shape index (κ1) is 25.2. The lowest BCUT2D eigenvalue weighted by molar-refractivity contribution is -0.110. The van der Waals surface area contributed by atoms with Crippen molar-refractivity contribution in [3.8, 4) is 5.88 Å². The van der Waals surface area contributed by atoms with E-state index in [1.165, 1.54) is 23.5 Å². The maximum Gasteiger partial charge on any atom is 0.280 e. The Labute approximate surface area is 223 Å². The van der Waals surface area contributed by atoms with Crippen molar-refractivity contribution in [1.82, 2.24) is 15.3 Å². The molecule has 3 fully saturated rings. The number of oxime groups is 1. The summed E-state index contributed by atoms with van der Waals surface area (Å²) in [6.45, 7) is 2.66. The summed E-state index contributed by atoms with van der Waals surface area (Å²) in [6, 6.07) is 9.74. The zero-order valence-corrected chi connectivity index (χ0v) is 22.1. The molecule has 0 unspecified atom stereocenters. The van der Waals surface area contributed by atoms with Crippen LogP contribution in [0.15, 0.2) is 46.4 Å². The third kappa shape index (κ3) is 5.51. The van der Waals surface area contributed by atoms with Gasteiger partial charge in [-0.2, -0.15) is 0 Å². The summed E-state index contributed by atoms with van der Waals surface area (Å²) >= 11 is 1.22. The van der Waals surface area contributed by atoms with E-state index < -0.39 is 15.7 Å². The van der Waals surface area contributed by atoms with Crippen LogP contribution in [-0.2, 0) is 24.2 Å². The molecule has 2 atom stereocenters. The SMILES string of the molecule is O=C(Nc1nc2ccc(O[C@H]3CCNC3)nc2s1)C(=NO[C@@H]1CCOC1)c1ccc(S(=O)(=O)C2CC2)cc1. The Morgan fingerprint density at radius 2 is 1.92 bits per heavy atom. The standard InChI is InChI=1S/C25H27N5O6S2/c31-23(29-25-27-20-7-8-21(28-24(20)37-25)35-16-9-11-26-13-16)22(30-36-17-10-12-34-14-17)15-1-3-18(4-2-15)38(32,33)19-5-6-19/h1-4,7-8,16-17,19,26H,5-6,9-14H2,(H,27,29,31)/t16-,17+/m0/s1. The number of thiazole rings is 1. The van der Waals surface area contributed by atoms with Crippen LogP contribution in [0.25, 0.3) is 10.3 Å². The summed E-state index contributed by atoms with van der Waals surface area (Å²) in [4.78, 5) is 28.8. The van der Waals surface area contributed by atoms with Crippen LogP contribution >= 0.6 is 11.3 Å². The van der Waals surface area contributed by atoms with E-state index in [1.54, 1.807) is 18.2 Å². The van der Waals surface area contributed by atoms with E-state index in [0.29, 0.717) is 59.4 Å². The van der Waals surface area contributed by atoms with Gasteiger partial charge in [-0.3, -0.25) is 10.1 Å². The van der Waals surface area contributed by atoms with Crippen LogP contribution in [0.3, 0.4) is 0 Å². The largest absolute Gasteiger partial charge is 0.473 e. The third-order valence-corrected chi connectivity index (χ3v) is 9.73. The minimum absolute atomic E-state index is 0.0113. The number of nitrogens with zero attached hydrogens (tertiary/aromatic N) is 3. The molecule has 3 aliphatic rings. The number of fused-ring (bicyclic) bond motifs is 1. The number of sulfone groups is 1. The van der Waals surface area contributed by atoms with Gasteiger partial charge in [-0.25, -0.2) is 18.4 Å². The molecule has 13 heteroatoms. The van der Waals surface area contributed by atoms with E-state index >= 15 is 0 Å². The predicted molar refractivity (Wildman–Crippen MR) is 141 cm³/mol. The molecule has 1 amide bonds. The number of hydrogen-bond acceptors (Lipinski definition) is 11. The van der Waals surface area contributed by atoms with Crippen molar-refractivity contribution in [2.45, 2.75) is 48.0 Å². The molecule has 1 aliphatic carbocycles. The molecule has 0 spiro atoms. The lowest BCUT2D eigenvalue weighted by Gasteiger charge is -2.10. The van der Waals surface area contributed by atoms with Crippen LogP contribution < -0.4 is 15.4 Å². The first-order chi connectivity index (χ1) is 18.5. The number of ether oxygens (including phenoxy) is 2. The fraction of sp³-hybridized carbons (Fsp3) is 0.440. The van der Waals surface area contributed by atoms with E-state index in [9.17, 15) is 13.2 Å². The number of aromatic nitrogens is 2. The van der Waals surface area contributed by atoms with Crippen molar-refractivity contribution in [1.29, 1.82) is 0 Å². The highest BCUT2D eigenvalue weighted by Gasteiger charge is 2.37. The number of hydrogen-bond donors (Lipinski definition) is 2.